The molecule has 0 aliphatic carbocycles. The first kappa shape index (κ1) is 11.7. The second-order valence-corrected chi connectivity index (χ2v) is 3.62. The van der Waals surface area contributed by atoms with Gasteiger partial charge in [0.25, 0.3) is 5.56 Å². The van der Waals surface area contributed by atoms with E-state index in [4.69, 9.17) is 5.11 Å². The Morgan fingerprint density at radius 2 is 2.12 bits per heavy atom. The number of nitrogens with zero attached hydrogens (tertiary/aromatic N) is 3. The highest BCUT2D eigenvalue weighted by atomic mass is 16.4. The van der Waals surface area contributed by atoms with Gasteiger partial charge in [-0.1, -0.05) is 0 Å². The van der Waals surface area contributed by atoms with Crippen LogP contribution in [0.25, 0.3) is 11.2 Å². The monoisotopic (exact) mass is 240 g/mol. The number of fused-ring (bicyclic) bond motifs is 1. The van der Waals surface area contributed by atoms with Gasteiger partial charge in [0.05, 0.1) is 25.8 Å². The quantitative estimate of drug-likeness (QED) is 0.482. The predicted octanol–water partition coefficient (Wildman–Crippen LogP) is -2.17. The molecule has 0 aromatic carbocycles. The van der Waals surface area contributed by atoms with Crippen molar-refractivity contribution in [1.29, 1.82) is 0 Å². The second-order valence-electron chi connectivity index (χ2n) is 3.62. The van der Waals surface area contributed by atoms with E-state index < -0.39 is 18.8 Å². The van der Waals surface area contributed by atoms with Crippen LogP contribution in [0.15, 0.2) is 17.4 Å². The molecule has 4 N–H and O–H groups in total. The van der Waals surface area contributed by atoms with Crippen molar-refractivity contribution in [3.05, 3.63) is 23.0 Å². The van der Waals surface area contributed by atoms with Gasteiger partial charge in [0, 0.05) is 0 Å². The fraction of sp³-hybridized carbons (Fsp3) is 0.444. The topological polar surface area (TPSA) is 124 Å². The van der Waals surface area contributed by atoms with Crippen molar-refractivity contribution >= 4 is 11.2 Å². The van der Waals surface area contributed by atoms with Crippen molar-refractivity contribution in [2.24, 2.45) is 0 Å². The minimum atomic E-state index is -1.24. The van der Waals surface area contributed by atoms with Crippen LogP contribution < -0.4 is 5.56 Å². The van der Waals surface area contributed by atoms with Gasteiger partial charge >= 0.3 is 0 Å². The third-order valence-corrected chi connectivity index (χ3v) is 2.42. The number of aliphatic hydroxyl groups is 3. The van der Waals surface area contributed by atoms with Crippen molar-refractivity contribution in [3.8, 4) is 0 Å². The average Bonchev–Trinajstić information content (AvgIpc) is 2.73. The summed E-state index contributed by atoms with van der Waals surface area (Å²) >= 11 is 0. The molecular weight excluding hydrogens is 228 g/mol. The third kappa shape index (κ3) is 2.18. The molecule has 0 fully saturated rings. The number of hydrogen-bond donors (Lipinski definition) is 4. The highest BCUT2D eigenvalue weighted by Gasteiger charge is 2.17. The Morgan fingerprint density at radius 3 is 2.82 bits per heavy atom. The molecule has 0 amide bonds. The number of aromatic nitrogens is 4. The maximum atomic E-state index is 11.3. The maximum Gasteiger partial charge on any atom is 0.278 e. The summed E-state index contributed by atoms with van der Waals surface area (Å²) < 4.78 is 1.44. The smallest absolute Gasteiger partial charge is 0.278 e. The summed E-state index contributed by atoms with van der Waals surface area (Å²) in [5.41, 5.74) is 0.113. The van der Waals surface area contributed by atoms with E-state index in [-0.39, 0.29) is 17.6 Å². The SMILES string of the molecule is O=c1[nH]cnc2c1ncn2C[C@@H](O)[C@H](O)CO. The first-order chi connectivity index (χ1) is 8.13. The molecule has 17 heavy (non-hydrogen) atoms. The fourth-order valence-electron chi connectivity index (χ4n) is 1.47. The van der Waals surface area contributed by atoms with Crippen molar-refractivity contribution in [1.82, 2.24) is 19.5 Å². The van der Waals surface area contributed by atoms with Crippen LogP contribution in [0.5, 0.6) is 0 Å². The first-order valence-electron chi connectivity index (χ1n) is 4.99. The Bertz CT molecular complexity index is 563. The highest BCUT2D eigenvalue weighted by Crippen LogP contribution is 2.06. The summed E-state index contributed by atoms with van der Waals surface area (Å²) in [6.45, 7) is -0.545. The summed E-state index contributed by atoms with van der Waals surface area (Å²) in [5, 5.41) is 27.5. The standard InChI is InChI=1S/C9H12N4O4/c14-2-6(16)5(15)1-13-4-12-7-8(13)10-3-11-9(7)17/h3-6,14-16H,1-2H2,(H,10,11,17)/t5-,6-/m1/s1. The summed E-state index contributed by atoms with van der Waals surface area (Å²) in [6, 6.07) is 0. The zero-order valence-corrected chi connectivity index (χ0v) is 8.82. The highest BCUT2D eigenvalue weighted by molar-refractivity contribution is 5.68. The lowest BCUT2D eigenvalue weighted by Crippen LogP contribution is -2.33. The normalized spacial score (nSPS) is 15.0. The molecule has 0 aliphatic heterocycles. The Balaban J connectivity index is 2.31. The van der Waals surface area contributed by atoms with Crippen molar-refractivity contribution < 1.29 is 15.3 Å². The van der Waals surface area contributed by atoms with E-state index in [2.05, 4.69) is 15.0 Å². The predicted molar refractivity (Wildman–Crippen MR) is 57.2 cm³/mol. The molecule has 8 heteroatoms. The van der Waals surface area contributed by atoms with E-state index in [0.717, 1.165) is 0 Å². The van der Waals surface area contributed by atoms with Gasteiger partial charge in [-0.15, -0.1) is 0 Å². The van der Waals surface area contributed by atoms with E-state index in [1.54, 1.807) is 0 Å². The zero-order valence-electron chi connectivity index (χ0n) is 8.82. The molecule has 2 aromatic rings. The summed E-state index contributed by atoms with van der Waals surface area (Å²) in [4.78, 5) is 21.5. The molecule has 2 rings (SSSR count). The molecule has 0 radical (unpaired) electrons. The van der Waals surface area contributed by atoms with Gasteiger partial charge in [-0.25, -0.2) is 9.97 Å². The third-order valence-electron chi connectivity index (χ3n) is 2.42. The molecule has 0 saturated heterocycles. The Morgan fingerprint density at radius 1 is 1.35 bits per heavy atom. The van der Waals surface area contributed by atoms with Crippen LogP contribution in [0.2, 0.25) is 0 Å². The molecule has 2 heterocycles. The first-order valence-corrected chi connectivity index (χ1v) is 4.99. The number of rotatable bonds is 4. The van der Waals surface area contributed by atoms with Gasteiger partial charge in [0.1, 0.15) is 12.2 Å². The molecule has 8 nitrogen and oxygen atoms in total. The Kier molecular flexibility index (Phi) is 3.18. The number of nitrogens with one attached hydrogen (secondary N) is 1. The second kappa shape index (κ2) is 4.62. The van der Waals surface area contributed by atoms with Gasteiger partial charge in [-0.05, 0) is 0 Å². The van der Waals surface area contributed by atoms with Crippen LogP contribution in [0.3, 0.4) is 0 Å². The number of aliphatic hydroxyl groups excluding tert-OH is 3. The summed E-state index contributed by atoms with van der Waals surface area (Å²) in [6.07, 6.45) is 0.186. The van der Waals surface area contributed by atoms with Crippen LogP contribution >= 0.6 is 0 Å². The fourth-order valence-corrected chi connectivity index (χ4v) is 1.47. The van der Waals surface area contributed by atoms with Gasteiger partial charge in [0.2, 0.25) is 0 Å². The lowest BCUT2D eigenvalue weighted by atomic mass is 10.2. The average molecular weight is 240 g/mol. The summed E-state index contributed by atoms with van der Waals surface area (Å²) in [7, 11) is 0. The zero-order chi connectivity index (χ0) is 12.4. The van der Waals surface area contributed by atoms with Crippen LogP contribution in [0.4, 0.5) is 0 Å². The largest absolute Gasteiger partial charge is 0.394 e. The van der Waals surface area contributed by atoms with E-state index in [1.165, 1.54) is 17.2 Å². The molecule has 0 aliphatic rings. The lowest BCUT2D eigenvalue weighted by molar-refractivity contribution is -0.0211. The maximum absolute atomic E-state index is 11.3. The van der Waals surface area contributed by atoms with Crippen molar-refractivity contribution in [2.45, 2.75) is 18.8 Å². The van der Waals surface area contributed by atoms with Crippen LogP contribution in [-0.4, -0.2) is 53.7 Å². The van der Waals surface area contributed by atoms with Crippen LogP contribution in [-0.2, 0) is 6.54 Å². The molecular formula is C9H12N4O4. The van der Waals surface area contributed by atoms with Crippen molar-refractivity contribution in [3.63, 3.8) is 0 Å². The number of H-pyrrole nitrogens is 1. The molecule has 0 unspecified atom stereocenters. The van der Waals surface area contributed by atoms with E-state index in [0.29, 0.717) is 5.65 Å². The van der Waals surface area contributed by atoms with Crippen molar-refractivity contribution in [2.75, 3.05) is 6.61 Å². The molecule has 92 valence electrons. The van der Waals surface area contributed by atoms with Gasteiger partial charge in [-0.2, -0.15) is 0 Å². The molecule has 2 atom stereocenters. The van der Waals surface area contributed by atoms with Gasteiger partial charge < -0.3 is 24.9 Å². The Hall–Kier alpha value is -1.77. The lowest BCUT2D eigenvalue weighted by Gasteiger charge is -2.15. The molecule has 0 bridgehead atoms. The van der Waals surface area contributed by atoms with Crippen LogP contribution in [0.1, 0.15) is 0 Å². The van der Waals surface area contributed by atoms with E-state index in [9.17, 15) is 15.0 Å². The molecule has 0 saturated carbocycles. The molecule has 0 spiro atoms. The van der Waals surface area contributed by atoms with Gasteiger partial charge in [0.15, 0.2) is 11.2 Å². The number of imidazole rings is 1. The van der Waals surface area contributed by atoms with Gasteiger partial charge in [-0.3, -0.25) is 4.79 Å². The van der Waals surface area contributed by atoms with E-state index >= 15 is 0 Å². The summed E-state index contributed by atoms with van der Waals surface area (Å²) in [5.74, 6) is 0. The Labute approximate surface area is 95.2 Å². The number of aromatic amines is 1. The van der Waals surface area contributed by atoms with E-state index in [1.807, 2.05) is 0 Å². The minimum Gasteiger partial charge on any atom is -0.394 e. The molecule has 2 aromatic heterocycles. The minimum absolute atomic E-state index is 0.00528. The number of hydrogen-bond acceptors (Lipinski definition) is 6. The van der Waals surface area contributed by atoms with Crippen LogP contribution in [0, 0.1) is 0 Å².